The molecule has 7 nitrogen and oxygen atoms in total. The largest absolute Gasteiger partial charge is 0.496 e. The third kappa shape index (κ3) is 3.74. The molecule has 0 radical (unpaired) electrons. The van der Waals surface area contributed by atoms with Gasteiger partial charge in [0, 0.05) is 15.6 Å². The smallest absolute Gasteiger partial charge is 0.348 e. The molecule has 3 rings (SSSR count). The zero-order valence-corrected chi connectivity index (χ0v) is 15.9. The van der Waals surface area contributed by atoms with Crippen LogP contribution in [0.3, 0.4) is 0 Å². The van der Waals surface area contributed by atoms with Gasteiger partial charge in [-0.2, -0.15) is 0 Å². The highest BCUT2D eigenvalue weighted by Gasteiger charge is 2.24. The van der Waals surface area contributed by atoms with Gasteiger partial charge >= 0.3 is 11.7 Å². The van der Waals surface area contributed by atoms with Crippen LogP contribution in [-0.2, 0) is 11.3 Å². The molecule has 0 unspecified atom stereocenters. The van der Waals surface area contributed by atoms with E-state index in [1.54, 1.807) is 19.1 Å². The predicted octanol–water partition coefficient (Wildman–Crippen LogP) is 4.71. The number of halogens is 1. The molecule has 0 fully saturated rings. The Morgan fingerprint density at radius 3 is 2.75 bits per heavy atom. The topological polar surface area (TPSA) is 87.9 Å². The van der Waals surface area contributed by atoms with Crippen LogP contribution < -0.4 is 9.47 Å². The molecule has 0 amide bonds. The predicted molar refractivity (Wildman–Crippen MR) is 102 cm³/mol. The molecule has 0 saturated heterocycles. The maximum atomic E-state index is 14.4. The summed E-state index contributed by atoms with van der Waals surface area (Å²) in [5.74, 6) is -0.812. The molecule has 1 heterocycles. The van der Waals surface area contributed by atoms with Crippen LogP contribution in [0.25, 0.3) is 10.1 Å². The summed E-state index contributed by atoms with van der Waals surface area (Å²) in [4.78, 5) is 23.2. The summed E-state index contributed by atoms with van der Waals surface area (Å²) in [6, 6.07) is 8.65. The van der Waals surface area contributed by atoms with E-state index in [4.69, 9.17) is 14.2 Å². The van der Waals surface area contributed by atoms with Crippen molar-refractivity contribution in [2.24, 2.45) is 0 Å². The second kappa shape index (κ2) is 8.22. The molecule has 0 N–H and O–H groups in total. The number of fused-ring (bicyclic) bond motifs is 1. The minimum atomic E-state index is -0.601. The van der Waals surface area contributed by atoms with Crippen LogP contribution in [0.5, 0.6) is 11.5 Å². The van der Waals surface area contributed by atoms with Crippen LogP contribution in [0, 0.1) is 15.9 Å². The SMILES string of the molecule is CCOC(=O)c1sc2cccc(F)c2c1COc1ccc(OC)cc1[N+](=O)[O-]. The summed E-state index contributed by atoms with van der Waals surface area (Å²) < 4.78 is 30.6. The summed E-state index contributed by atoms with van der Waals surface area (Å²) >= 11 is 1.09. The Hall–Kier alpha value is -3.20. The maximum absolute atomic E-state index is 14.4. The third-order valence-corrected chi connectivity index (χ3v) is 5.14. The Kier molecular flexibility index (Phi) is 5.74. The second-order valence-corrected chi connectivity index (χ2v) is 6.67. The molecule has 0 spiro atoms. The first-order valence-corrected chi connectivity index (χ1v) is 9.10. The molecule has 28 heavy (non-hydrogen) atoms. The monoisotopic (exact) mass is 405 g/mol. The van der Waals surface area contributed by atoms with Crippen LogP contribution >= 0.6 is 11.3 Å². The number of methoxy groups -OCH3 is 1. The number of esters is 1. The van der Waals surface area contributed by atoms with E-state index in [2.05, 4.69) is 0 Å². The fraction of sp³-hybridized carbons (Fsp3) is 0.211. The van der Waals surface area contributed by atoms with Crippen LogP contribution in [0.15, 0.2) is 36.4 Å². The number of carbonyl (C=O) groups is 1. The maximum Gasteiger partial charge on any atom is 0.348 e. The van der Waals surface area contributed by atoms with Crippen LogP contribution in [0.4, 0.5) is 10.1 Å². The summed E-state index contributed by atoms with van der Waals surface area (Å²) in [5.41, 5.74) is -0.00120. The number of hydrogen-bond donors (Lipinski definition) is 0. The summed E-state index contributed by atoms with van der Waals surface area (Å²) in [5, 5.41) is 11.6. The Bertz CT molecular complexity index is 1050. The lowest BCUT2D eigenvalue weighted by molar-refractivity contribution is -0.386. The van der Waals surface area contributed by atoms with Gasteiger partial charge < -0.3 is 14.2 Å². The molecule has 1 aromatic heterocycles. The number of carbonyl (C=O) groups excluding carboxylic acids is 1. The number of hydrogen-bond acceptors (Lipinski definition) is 7. The summed E-state index contributed by atoms with van der Waals surface area (Å²) in [6.45, 7) is 1.60. The average Bonchev–Trinajstić information content (AvgIpc) is 3.06. The second-order valence-electron chi connectivity index (χ2n) is 5.62. The number of nitro groups is 1. The number of benzene rings is 2. The fourth-order valence-electron chi connectivity index (χ4n) is 2.71. The van der Waals surface area contributed by atoms with Gasteiger partial charge in [0.1, 0.15) is 23.1 Å². The van der Waals surface area contributed by atoms with Crippen molar-refractivity contribution in [3.8, 4) is 11.5 Å². The molecule has 3 aromatic rings. The Labute approximate surface area is 163 Å². The highest BCUT2D eigenvalue weighted by molar-refractivity contribution is 7.21. The summed E-state index contributed by atoms with van der Waals surface area (Å²) in [6.07, 6.45) is 0. The lowest BCUT2D eigenvalue weighted by Gasteiger charge is -2.09. The number of nitro benzene ring substituents is 1. The highest BCUT2D eigenvalue weighted by atomic mass is 32.1. The summed E-state index contributed by atoms with van der Waals surface area (Å²) in [7, 11) is 1.39. The zero-order chi connectivity index (χ0) is 20.3. The number of rotatable bonds is 7. The number of nitrogens with zero attached hydrogens (tertiary/aromatic N) is 1. The molecule has 0 aliphatic rings. The van der Waals surface area contributed by atoms with Crippen LogP contribution in [0.1, 0.15) is 22.2 Å². The standard InChI is InChI=1S/C19H16FNO6S/c1-3-26-19(22)18-12(17-13(20)5-4-6-16(17)28-18)10-27-15-8-7-11(25-2)9-14(15)21(23)24/h4-9H,3,10H2,1-2H3. The van der Waals surface area contributed by atoms with E-state index in [1.165, 1.54) is 31.4 Å². The van der Waals surface area contributed by atoms with Crippen molar-refractivity contribution >= 4 is 33.1 Å². The van der Waals surface area contributed by atoms with Crippen molar-refractivity contribution in [3.05, 3.63) is 62.8 Å². The molecular weight excluding hydrogens is 389 g/mol. The van der Waals surface area contributed by atoms with Gasteiger partial charge in [0.2, 0.25) is 0 Å². The molecule has 0 atom stereocenters. The van der Waals surface area contributed by atoms with E-state index in [0.29, 0.717) is 16.0 Å². The quantitative estimate of drug-likeness (QED) is 0.321. The lowest BCUT2D eigenvalue weighted by atomic mass is 10.1. The van der Waals surface area contributed by atoms with Gasteiger partial charge in [-0.05, 0) is 31.2 Å². The van der Waals surface area contributed by atoms with Crippen LogP contribution in [0.2, 0.25) is 0 Å². The van der Waals surface area contributed by atoms with Gasteiger partial charge in [-0.1, -0.05) is 6.07 Å². The molecule has 9 heteroatoms. The van der Waals surface area contributed by atoms with Crippen molar-refractivity contribution in [2.75, 3.05) is 13.7 Å². The Morgan fingerprint density at radius 2 is 2.07 bits per heavy atom. The Balaban J connectivity index is 2.02. The van der Waals surface area contributed by atoms with Gasteiger partial charge in [0.15, 0.2) is 5.75 Å². The van der Waals surface area contributed by atoms with Gasteiger partial charge in [-0.25, -0.2) is 9.18 Å². The van der Waals surface area contributed by atoms with Crippen molar-refractivity contribution in [1.29, 1.82) is 0 Å². The van der Waals surface area contributed by atoms with Gasteiger partial charge in [-0.15, -0.1) is 11.3 Å². The molecule has 0 saturated carbocycles. The first-order valence-electron chi connectivity index (χ1n) is 8.28. The van der Waals surface area contributed by atoms with E-state index < -0.39 is 16.7 Å². The van der Waals surface area contributed by atoms with Gasteiger partial charge in [-0.3, -0.25) is 10.1 Å². The van der Waals surface area contributed by atoms with Crippen molar-refractivity contribution in [3.63, 3.8) is 0 Å². The van der Waals surface area contributed by atoms with E-state index in [-0.39, 0.29) is 34.9 Å². The molecule has 146 valence electrons. The average molecular weight is 405 g/mol. The normalized spacial score (nSPS) is 10.7. The molecular formula is C19H16FNO6S. The van der Waals surface area contributed by atoms with E-state index >= 15 is 0 Å². The fourth-order valence-corrected chi connectivity index (χ4v) is 3.82. The van der Waals surface area contributed by atoms with Gasteiger partial charge in [0.05, 0.1) is 24.7 Å². The lowest BCUT2D eigenvalue weighted by Crippen LogP contribution is -2.08. The first-order chi connectivity index (χ1) is 13.5. The van der Waals surface area contributed by atoms with Crippen molar-refractivity contribution in [1.82, 2.24) is 0 Å². The van der Waals surface area contributed by atoms with E-state index in [9.17, 15) is 19.3 Å². The third-order valence-electron chi connectivity index (χ3n) is 3.96. The minimum Gasteiger partial charge on any atom is -0.496 e. The highest BCUT2D eigenvalue weighted by Crippen LogP contribution is 2.36. The number of thiophene rings is 1. The van der Waals surface area contributed by atoms with Gasteiger partial charge in [0.25, 0.3) is 0 Å². The molecule has 2 aromatic carbocycles. The van der Waals surface area contributed by atoms with Crippen LogP contribution in [-0.4, -0.2) is 24.6 Å². The number of ether oxygens (including phenoxy) is 3. The Morgan fingerprint density at radius 1 is 1.29 bits per heavy atom. The zero-order valence-electron chi connectivity index (χ0n) is 15.1. The minimum absolute atomic E-state index is 0.0173. The van der Waals surface area contributed by atoms with E-state index in [1.807, 2.05) is 0 Å². The molecule has 0 aliphatic heterocycles. The van der Waals surface area contributed by atoms with Crippen molar-refractivity contribution in [2.45, 2.75) is 13.5 Å². The van der Waals surface area contributed by atoms with E-state index in [0.717, 1.165) is 11.3 Å². The van der Waals surface area contributed by atoms with Crippen molar-refractivity contribution < 1.29 is 28.3 Å². The molecule has 0 bridgehead atoms. The molecule has 0 aliphatic carbocycles. The first kappa shape index (κ1) is 19.6.